The van der Waals surface area contributed by atoms with Gasteiger partial charge in [0.25, 0.3) is 0 Å². The SMILES string of the molecule is CS(=O)(=O)CCOC(=O)On1c(O)ccc1O. The predicted molar refractivity (Wildman–Crippen MR) is 55.4 cm³/mol. The summed E-state index contributed by atoms with van der Waals surface area (Å²) >= 11 is 0. The van der Waals surface area contributed by atoms with E-state index in [9.17, 15) is 13.2 Å². The summed E-state index contributed by atoms with van der Waals surface area (Å²) < 4.78 is 26.3. The predicted octanol–water partition coefficient (Wildman–Crippen LogP) is -0.491. The van der Waals surface area contributed by atoms with Crippen LogP contribution in [0, 0.1) is 0 Å². The van der Waals surface area contributed by atoms with Crippen molar-refractivity contribution in [3.05, 3.63) is 12.1 Å². The van der Waals surface area contributed by atoms with Gasteiger partial charge in [0, 0.05) is 18.4 Å². The van der Waals surface area contributed by atoms with Gasteiger partial charge in [-0.3, -0.25) is 4.84 Å². The molecular weight excluding hydrogens is 254 g/mol. The topological polar surface area (TPSA) is 115 Å². The first-order valence-corrected chi connectivity index (χ1v) is 6.48. The summed E-state index contributed by atoms with van der Waals surface area (Å²) in [5, 5.41) is 18.2. The Balaban J connectivity index is 2.46. The third-order valence-electron chi connectivity index (χ3n) is 1.64. The first-order valence-electron chi connectivity index (χ1n) is 4.42. The minimum absolute atomic E-state index is 0.342. The van der Waals surface area contributed by atoms with E-state index in [2.05, 4.69) is 9.57 Å². The second kappa shape index (κ2) is 4.95. The normalized spacial score (nSPS) is 11.1. The molecule has 0 atom stereocenters. The molecule has 0 bridgehead atoms. The molecule has 9 heteroatoms. The largest absolute Gasteiger partial charge is 0.533 e. The van der Waals surface area contributed by atoms with E-state index < -0.39 is 27.8 Å². The molecule has 1 rings (SSSR count). The average Bonchev–Trinajstić information content (AvgIpc) is 2.47. The number of nitrogens with zero attached hydrogens (tertiary/aromatic N) is 1. The van der Waals surface area contributed by atoms with Crippen LogP contribution >= 0.6 is 0 Å². The lowest BCUT2D eigenvalue weighted by atomic mass is 10.6. The number of aromatic nitrogens is 1. The molecule has 0 amide bonds. The Morgan fingerprint density at radius 1 is 1.35 bits per heavy atom. The molecular formula is C8H11NO7S. The molecule has 0 fully saturated rings. The van der Waals surface area contributed by atoms with Crippen LogP contribution in [-0.2, 0) is 14.6 Å². The molecule has 0 saturated heterocycles. The number of aromatic hydroxyl groups is 2. The molecule has 1 heterocycles. The lowest BCUT2D eigenvalue weighted by Gasteiger charge is -2.06. The van der Waals surface area contributed by atoms with Crippen molar-refractivity contribution in [2.45, 2.75) is 0 Å². The zero-order valence-electron chi connectivity index (χ0n) is 8.86. The third kappa shape index (κ3) is 4.23. The van der Waals surface area contributed by atoms with Gasteiger partial charge in [-0.1, -0.05) is 0 Å². The van der Waals surface area contributed by atoms with Crippen LogP contribution in [0.25, 0.3) is 0 Å². The van der Waals surface area contributed by atoms with Crippen LogP contribution < -0.4 is 4.84 Å². The Bertz CT molecular complexity index is 484. The fourth-order valence-corrected chi connectivity index (χ4v) is 1.26. The number of sulfone groups is 1. The van der Waals surface area contributed by atoms with Gasteiger partial charge in [0.15, 0.2) is 9.84 Å². The van der Waals surface area contributed by atoms with Gasteiger partial charge in [-0.15, -0.1) is 4.73 Å². The van der Waals surface area contributed by atoms with Crippen molar-refractivity contribution in [2.24, 2.45) is 0 Å². The maximum Gasteiger partial charge on any atom is 0.533 e. The number of hydrogen-bond donors (Lipinski definition) is 2. The van der Waals surface area contributed by atoms with Crippen LogP contribution in [0.2, 0.25) is 0 Å². The molecule has 96 valence electrons. The number of hydrogen-bond acceptors (Lipinski definition) is 7. The number of carbonyl (C=O) groups excluding carboxylic acids is 1. The molecule has 1 aromatic heterocycles. The van der Waals surface area contributed by atoms with Crippen molar-refractivity contribution < 1.29 is 33.0 Å². The molecule has 2 N–H and O–H groups in total. The van der Waals surface area contributed by atoms with Crippen LogP contribution in [-0.4, -0.2) is 48.1 Å². The summed E-state index contributed by atoms with van der Waals surface area (Å²) in [6.07, 6.45) is -0.249. The first kappa shape index (κ1) is 13.2. The quantitative estimate of drug-likeness (QED) is 0.705. The smallest absolute Gasteiger partial charge is 0.492 e. The van der Waals surface area contributed by atoms with E-state index >= 15 is 0 Å². The van der Waals surface area contributed by atoms with Gasteiger partial charge in [-0.25, -0.2) is 13.2 Å². The van der Waals surface area contributed by atoms with Gasteiger partial charge >= 0.3 is 6.16 Å². The molecule has 0 aliphatic heterocycles. The maximum atomic E-state index is 11.0. The van der Waals surface area contributed by atoms with E-state index in [1.54, 1.807) is 0 Å². The van der Waals surface area contributed by atoms with Crippen molar-refractivity contribution >= 4 is 16.0 Å². The lowest BCUT2D eigenvalue weighted by molar-refractivity contribution is 0.0390. The van der Waals surface area contributed by atoms with E-state index in [1.807, 2.05) is 0 Å². The van der Waals surface area contributed by atoms with Crippen molar-refractivity contribution in [1.82, 2.24) is 4.73 Å². The molecule has 8 nitrogen and oxygen atoms in total. The number of ether oxygens (including phenoxy) is 1. The highest BCUT2D eigenvalue weighted by molar-refractivity contribution is 7.90. The summed E-state index contributed by atoms with van der Waals surface area (Å²) in [5.41, 5.74) is 0. The fourth-order valence-electron chi connectivity index (χ4n) is 0.873. The monoisotopic (exact) mass is 265 g/mol. The van der Waals surface area contributed by atoms with E-state index in [1.165, 1.54) is 0 Å². The second-order valence-corrected chi connectivity index (χ2v) is 5.42. The molecule has 0 aliphatic rings. The molecule has 0 aromatic carbocycles. The number of rotatable bonds is 4. The number of carbonyl (C=O) groups is 1. The van der Waals surface area contributed by atoms with Gasteiger partial charge in [0.05, 0.1) is 5.75 Å². The fraction of sp³-hybridized carbons (Fsp3) is 0.375. The van der Waals surface area contributed by atoms with Crippen LogP contribution in [0.1, 0.15) is 0 Å². The van der Waals surface area contributed by atoms with Gasteiger partial charge < -0.3 is 14.9 Å². The standard InChI is InChI=1S/C8H11NO7S/c1-17(13,14)5-4-15-8(12)16-9-6(10)2-3-7(9)11/h2-3,10-11H,4-5H2,1H3. The summed E-state index contributed by atoms with van der Waals surface area (Å²) in [6, 6.07) is 2.19. The van der Waals surface area contributed by atoms with Gasteiger partial charge in [-0.2, -0.15) is 0 Å². The highest BCUT2D eigenvalue weighted by atomic mass is 32.2. The molecule has 0 spiro atoms. The van der Waals surface area contributed by atoms with Crippen molar-refractivity contribution in [1.29, 1.82) is 0 Å². The highest BCUT2D eigenvalue weighted by Gasteiger charge is 2.13. The summed E-state index contributed by atoms with van der Waals surface area (Å²) in [4.78, 5) is 15.4. The zero-order valence-corrected chi connectivity index (χ0v) is 9.68. The molecule has 0 aliphatic carbocycles. The Kier molecular flexibility index (Phi) is 3.84. The Morgan fingerprint density at radius 2 is 1.88 bits per heavy atom. The summed E-state index contributed by atoms with van der Waals surface area (Å²) in [6.45, 7) is -0.375. The Morgan fingerprint density at radius 3 is 2.35 bits per heavy atom. The zero-order chi connectivity index (χ0) is 13.1. The minimum Gasteiger partial charge on any atom is -0.492 e. The van der Waals surface area contributed by atoms with Gasteiger partial charge in [-0.05, 0) is 0 Å². The van der Waals surface area contributed by atoms with E-state index in [-0.39, 0.29) is 12.4 Å². The molecule has 0 saturated carbocycles. The molecule has 0 radical (unpaired) electrons. The van der Waals surface area contributed by atoms with E-state index in [4.69, 9.17) is 10.2 Å². The van der Waals surface area contributed by atoms with E-state index in [0.29, 0.717) is 4.73 Å². The van der Waals surface area contributed by atoms with Crippen molar-refractivity contribution in [2.75, 3.05) is 18.6 Å². The summed E-state index contributed by atoms with van der Waals surface area (Å²) in [7, 11) is -3.24. The lowest BCUT2D eigenvalue weighted by Crippen LogP contribution is -2.22. The van der Waals surface area contributed by atoms with Crippen LogP contribution in [0.3, 0.4) is 0 Å². The van der Waals surface area contributed by atoms with Crippen LogP contribution in [0.5, 0.6) is 11.8 Å². The third-order valence-corrected chi connectivity index (χ3v) is 2.55. The first-order chi connectivity index (χ1) is 7.79. The Hall–Kier alpha value is -1.90. The average molecular weight is 265 g/mol. The second-order valence-electron chi connectivity index (χ2n) is 3.16. The minimum atomic E-state index is -3.24. The summed E-state index contributed by atoms with van der Waals surface area (Å²) in [5.74, 6) is -1.34. The van der Waals surface area contributed by atoms with Crippen LogP contribution in [0.4, 0.5) is 4.79 Å². The highest BCUT2D eigenvalue weighted by Crippen LogP contribution is 2.18. The molecule has 17 heavy (non-hydrogen) atoms. The molecule has 1 aromatic rings. The van der Waals surface area contributed by atoms with Gasteiger partial charge in [0.2, 0.25) is 11.8 Å². The van der Waals surface area contributed by atoms with E-state index in [0.717, 1.165) is 18.4 Å². The maximum absolute atomic E-state index is 11.0. The molecule has 0 unspecified atom stereocenters. The van der Waals surface area contributed by atoms with Crippen molar-refractivity contribution in [3.63, 3.8) is 0 Å². The van der Waals surface area contributed by atoms with Crippen molar-refractivity contribution in [3.8, 4) is 11.8 Å². The Labute approximate surface area is 96.9 Å². The van der Waals surface area contributed by atoms with Crippen LogP contribution in [0.15, 0.2) is 12.1 Å². The van der Waals surface area contributed by atoms with Gasteiger partial charge in [0.1, 0.15) is 6.61 Å².